The second-order valence-electron chi connectivity index (χ2n) is 6.41. The number of sulfonamides is 1. The van der Waals surface area contributed by atoms with Crippen molar-refractivity contribution in [2.45, 2.75) is 18.0 Å². The summed E-state index contributed by atoms with van der Waals surface area (Å²) in [6.07, 6.45) is -4.66. The first-order valence-corrected chi connectivity index (χ1v) is 11.7. The van der Waals surface area contributed by atoms with Crippen LogP contribution in [0.5, 0.6) is 0 Å². The number of nitrogens with one attached hydrogen (secondary N) is 1. The van der Waals surface area contributed by atoms with Gasteiger partial charge in [0.2, 0.25) is 0 Å². The molecule has 0 saturated carbocycles. The highest BCUT2D eigenvalue weighted by atomic mass is 79.9. The Kier molecular flexibility index (Phi) is 6.49. The molecule has 1 aromatic heterocycles. The fourth-order valence-electron chi connectivity index (χ4n) is 2.75. The van der Waals surface area contributed by atoms with Crippen molar-refractivity contribution in [2.75, 3.05) is 11.8 Å². The van der Waals surface area contributed by atoms with Crippen LogP contribution in [0.2, 0.25) is 0 Å². The zero-order valence-corrected chi connectivity index (χ0v) is 19.3. The van der Waals surface area contributed by atoms with Crippen LogP contribution in [0.3, 0.4) is 0 Å². The first-order valence-electron chi connectivity index (χ1n) is 8.61. The maximum Gasteiger partial charge on any atom is 0.416 e. The number of anilines is 1. The summed E-state index contributed by atoms with van der Waals surface area (Å²) in [6.45, 7) is 1.83. The van der Waals surface area contributed by atoms with Gasteiger partial charge >= 0.3 is 12.1 Å². The Labute approximate surface area is 189 Å². The Morgan fingerprint density at radius 1 is 1.10 bits per heavy atom. The van der Waals surface area contributed by atoms with Crippen molar-refractivity contribution < 1.29 is 31.1 Å². The van der Waals surface area contributed by atoms with E-state index in [1.54, 1.807) is 12.1 Å². The number of thiophene rings is 1. The fraction of sp³-hybridized carbons (Fsp3) is 0.150. The van der Waals surface area contributed by atoms with E-state index in [2.05, 4.69) is 25.4 Å². The van der Waals surface area contributed by atoms with Gasteiger partial charge in [0.05, 0.1) is 23.9 Å². The largest absolute Gasteiger partial charge is 0.465 e. The van der Waals surface area contributed by atoms with E-state index in [0.717, 1.165) is 30.2 Å². The van der Waals surface area contributed by atoms with Crippen LogP contribution < -0.4 is 4.72 Å². The number of hydrogen-bond donors (Lipinski definition) is 1. The Bertz CT molecular complexity index is 1250. The van der Waals surface area contributed by atoms with Gasteiger partial charge in [0.15, 0.2) is 0 Å². The average Bonchev–Trinajstić information content (AvgIpc) is 3.12. The van der Waals surface area contributed by atoms with Crippen LogP contribution in [0.15, 0.2) is 57.9 Å². The SMILES string of the molecule is COC(=O)c1ccc(Br)c(S(=O)(=O)Nc2cc(C(F)(F)F)ccc2-c2ccc(C)s2)c1. The number of halogens is 4. The van der Waals surface area contributed by atoms with E-state index in [9.17, 15) is 26.4 Å². The molecule has 0 atom stereocenters. The van der Waals surface area contributed by atoms with Crippen molar-refractivity contribution in [1.82, 2.24) is 0 Å². The van der Waals surface area contributed by atoms with Gasteiger partial charge in [-0.2, -0.15) is 13.2 Å². The number of ether oxygens (including phenoxy) is 1. The Hall–Kier alpha value is -2.37. The molecule has 0 aliphatic heterocycles. The van der Waals surface area contributed by atoms with E-state index in [-0.39, 0.29) is 20.6 Å². The molecule has 3 aromatic rings. The molecule has 0 unspecified atom stereocenters. The number of alkyl halides is 3. The minimum atomic E-state index is -4.66. The summed E-state index contributed by atoms with van der Waals surface area (Å²) in [5.41, 5.74) is -0.948. The molecule has 0 spiro atoms. The zero-order valence-electron chi connectivity index (χ0n) is 16.1. The molecular weight excluding hydrogens is 519 g/mol. The van der Waals surface area contributed by atoms with Crippen LogP contribution in [0.25, 0.3) is 10.4 Å². The number of esters is 1. The number of hydrogen-bond acceptors (Lipinski definition) is 5. The maximum atomic E-state index is 13.3. The quantitative estimate of drug-likeness (QED) is 0.402. The smallest absolute Gasteiger partial charge is 0.416 e. The topological polar surface area (TPSA) is 72.5 Å². The van der Waals surface area contributed by atoms with Gasteiger partial charge in [-0.15, -0.1) is 11.3 Å². The summed E-state index contributed by atoms with van der Waals surface area (Å²) < 4.78 is 72.9. The van der Waals surface area contributed by atoms with Gasteiger partial charge in [-0.3, -0.25) is 4.72 Å². The Morgan fingerprint density at radius 2 is 1.81 bits per heavy atom. The monoisotopic (exact) mass is 533 g/mol. The number of carbonyl (C=O) groups is 1. The molecular formula is C20H15BrF3NO4S2. The van der Waals surface area contributed by atoms with Gasteiger partial charge in [0.25, 0.3) is 10.0 Å². The maximum absolute atomic E-state index is 13.3. The minimum Gasteiger partial charge on any atom is -0.465 e. The van der Waals surface area contributed by atoms with E-state index < -0.39 is 27.7 Å². The molecule has 0 aliphatic rings. The molecule has 1 heterocycles. The van der Waals surface area contributed by atoms with Crippen molar-refractivity contribution in [2.24, 2.45) is 0 Å². The summed E-state index contributed by atoms with van der Waals surface area (Å²) in [6, 6.07) is 10.2. The first-order chi connectivity index (χ1) is 14.4. The van der Waals surface area contributed by atoms with Crippen LogP contribution >= 0.6 is 27.3 Å². The molecule has 164 valence electrons. The lowest BCUT2D eigenvalue weighted by atomic mass is 10.1. The van der Waals surface area contributed by atoms with Crippen molar-refractivity contribution in [3.63, 3.8) is 0 Å². The number of methoxy groups -OCH3 is 1. The summed E-state index contributed by atoms with van der Waals surface area (Å²) in [5, 5.41) is 0. The molecule has 11 heteroatoms. The summed E-state index contributed by atoms with van der Waals surface area (Å²) in [7, 11) is -3.21. The van der Waals surface area contributed by atoms with Crippen molar-refractivity contribution >= 4 is 48.9 Å². The van der Waals surface area contributed by atoms with Gasteiger partial charge < -0.3 is 4.74 Å². The first kappa shape index (κ1) is 23.3. The van der Waals surface area contributed by atoms with E-state index >= 15 is 0 Å². The minimum absolute atomic E-state index is 0.0239. The van der Waals surface area contributed by atoms with Gasteiger partial charge in [-0.1, -0.05) is 6.07 Å². The molecule has 0 fully saturated rings. The highest BCUT2D eigenvalue weighted by Gasteiger charge is 2.32. The van der Waals surface area contributed by atoms with E-state index in [0.29, 0.717) is 10.4 Å². The molecule has 0 bridgehead atoms. The van der Waals surface area contributed by atoms with Crippen LogP contribution in [0.1, 0.15) is 20.8 Å². The molecule has 3 rings (SSSR count). The average molecular weight is 534 g/mol. The van der Waals surface area contributed by atoms with E-state index in [4.69, 9.17) is 0 Å². The van der Waals surface area contributed by atoms with Crippen molar-refractivity contribution in [1.29, 1.82) is 0 Å². The highest BCUT2D eigenvalue weighted by molar-refractivity contribution is 9.10. The molecule has 5 nitrogen and oxygen atoms in total. The highest BCUT2D eigenvalue weighted by Crippen LogP contribution is 2.39. The summed E-state index contributed by atoms with van der Waals surface area (Å²) in [5.74, 6) is -0.752. The van der Waals surface area contributed by atoms with Crippen molar-refractivity contribution in [3.8, 4) is 10.4 Å². The third-order valence-corrected chi connectivity index (χ3v) is 7.63. The second kappa shape index (κ2) is 8.64. The Balaban J connectivity index is 2.13. The number of aryl methyl sites for hydroxylation is 1. The fourth-order valence-corrected chi connectivity index (χ4v) is 5.72. The second-order valence-corrected chi connectivity index (χ2v) is 10.2. The molecule has 0 saturated heterocycles. The van der Waals surface area contributed by atoms with Gasteiger partial charge in [0, 0.05) is 19.8 Å². The molecule has 31 heavy (non-hydrogen) atoms. The van der Waals surface area contributed by atoms with Crippen LogP contribution in [-0.2, 0) is 20.9 Å². The van der Waals surface area contributed by atoms with Crippen LogP contribution in [0.4, 0.5) is 18.9 Å². The molecule has 0 radical (unpaired) electrons. The molecule has 0 amide bonds. The molecule has 2 aromatic carbocycles. The van der Waals surface area contributed by atoms with Crippen LogP contribution in [0, 0.1) is 6.92 Å². The van der Waals surface area contributed by atoms with Crippen LogP contribution in [-0.4, -0.2) is 21.5 Å². The standard InChI is InChI=1S/C20H15BrF3NO4S2/c1-11-3-8-17(30-11)14-6-5-13(20(22,23)24)10-16(14)25-31(27,28)18-9-12(19(26)29-2)4-7-15(18)21/h3-10,25H,1-2H3. The lowest BCUT2D eigenvalue weighted by molar-refractivity contribution is -0.137. The van der Waals surface area contributed by atoms with Gasteiger partial charge in [-0.05, 0) is 65.3 Å². The van der Waals surface area contributed by atoms with E-state index in [1.165, 1.54) is 29.5 Å². The normalized spacial score (nSPS) is 11.9. The lowest BCUT2D eigenvalue weighted by Crippen LogP contribution is -2.16. The predicted octanol–water partition coefficient (Wildman–Crippen LogP) is 6.09. The van der Waals surface area contributed by atoms with E-state index in [1.807, 2.05) is 6.92 Å². The van der Waals surface area contributed by atoms with Crippen molar-refractivity contribution in [3.05, 3.63) is 69.0 Å². The third kappa shape index (κ3) is 5.10. The number of carbonyl (C=O) groups excluding carboxylic acids is 1. The Morgan fingerprint density at radius 3 is 2.39 bits per heavy atom. The number of rotatable bonds is 5. The molecule has 0 aliphatic carbocycles. The number of benzene rings is 2. The summed E-state index contributed by atoms with van der Waals surface area (Å²) >= 11 is 4.43. The zero-order chi connectivity index (χ0) is 23.0. The third-order valence-electron chi connectivity index (χ3n) is 4.24. The summed E-state index contributed by atoms with van der Waals surface area (Å²) in [4.78, 5) is 13.0. The van der Waals surface area contributed by atoms with Gasteiger partial charge in [0.1, 0.15) is 4.90 Å². The predicted molar refractivity (Wildman–Crippen MR) is 116 cm³/mol. The molecule has 1 N–H and O–H groups in total. The van der Waals surface area contributed by atoms with Gasteiger partial charge in [-0.25, -0.2) is 13.2 Å². The lowest BCUT2D eigenvalue weighted by Gasteiger charge is -2.16.